The fourth-order valence-corrected chi connectivity index (χ4v) is 2.33. The van der Waals surface area contributed by atoms with Crippen molar-refractivity contribution in [3.05, 3.63) is 35.9 Å². The van der Waals surface area contributed by atoms with Crippen LogP contribution in [0.3, 0.4) is 0 Å². The van der Waals surface area contributed by atoms with E-state index in [0.717, 1.165) is 10.9 Å². The van der Waals surface area contributed by atoms with E-state index in [4.69, 9.17) is 5.73 Å². The molecule has 1 aromatic heterocycles. The lowest BCUT2D eigenvalue weighted by atomic mass is 10.1. The van der Waals surface area contributed by atoms with E-state index in [1.165, 1.54) is 4.90 Å². The van der Waals surface area contributed by atoms with Crippen molar-refractivity contribution in [1.82, 2.24) is 9.88 Å². The molecule has 0 aliphatic rings. The molecule has 21 heavy (non-hydrogen) atoms. The van der Waals surface area contributed by atoms with Gasteiger partial charge in [-0.15, -0.1) is 0 Å². The highest BCUT2D eigenvalue weighted by molar-refractivity contribution is 5.81. The molecule has 0 saturated carbocycles. The molecule has 0 aliphatic carbocycles. The number of nitrogens with zero attached hydrogens (tertiary/aromatic N) is 2. The summed E-state index contributed by atoms with van der Waals surface area (Å²) in [4.78, 5) is 5.60. The SMILES string of the molecule is CCCN(Cc1cc2ccccc2nc1N)CC(F)(F)F. The van der Waals surface area contributed by atoms with Crippen molar-refractivity contribution in [1.29, 1.82) is 0 Å². The van der Waals surface area contributed by atoms with E-state index in [0.29, 0.717) is 18.5 Å². The third-order valence-electron chi connectivity index (χ3n) is 3.17. The first-order valence-corrected chi connectivity index (χ1v) is 6.82. The minimum absolute atomic E-state index is 0.150. The first-order chi connectivity index (χ1) is 9.89. The standard InChI is InChI=1S/C15H18F3N3/c1-2-7-21(10-15(16,17)18)9-12-8-11-5-3-4-6-13(11)20-14(12)19/h3-6,8H,2,7,9-10H2,1H3,(H2,19,20). The molecular formula is C15H18F3N3. The number of alkyl halides is 3. The summed E-state index contributed by atoms with van der Waals surface area (Å²) in [5.41, 5.74) is 7.25. The smallest absolute Gasteiger partial charge is 0.383 e. The predicted molar refractivity (Wildman–Crippen MR) is 77.8 cm³/mol. The monoisotopic (exact) mass is 297 g/mol. The number of pyridine rings is 1. The van der Waals surface area contributed by atoms with Crippen molar-refractivity contribution >= 4 is 16.7 Å². The van der Waals surface area contributed by atoms with Gasteiger partial charge in [-0.05, 0) is 25.1 Å². The Morgan fingerprint density at radius 2 is 1.95 bits per heavy atom. The lowest BCUT2D eigenvalue weighted by molar-refractivity contribution is -0.147. The molecule has 2 aromatic rings. The first kappa shape index (κ1) is 15.6. The molecule has 0 fully saturated rings. The highest BCUT2D eigenvalue weighted by atomic mass is 19.4. The van der Waals surface area contributed by atoms with Gasteiger partial charge in [0.05, 0.1) is 12.1 Å². The van der Waals surface area contributed by atoms with Crippen LogP contribution in [0.2, 0.25) is 0 Å². The Bertz CT molecular complexity index is 611. The number of hydrogen-bond donors (Lipinski definition) is 1. The molecule has 0 spiro atoms. The molecule has 0 amide bonds. The molecule has 0 radical (unpaired) electrons. The molecule has 0 aliphatic heterocycles. The third-order valence-corrected chi connectivity index (χ3v) is 3.17. The Kier molecular flexibility index (Phi) is 4.67. The van der Waals surface area contributed by atoms with Crippen LogP contribution in [-0.4, -0.2) is 29.1 Å². The van der Waals surface area contributed by atoms with Crippen LogP contribution in [0.1, 0.15) is 18.9 Å². The van der Waals surface area contributed by atoms with Crippen LogP contribution in [0.25, 0.3) is 10.9 Å². The van der Waals surface area contributed by atoms with E-state index in [1.54, 1.807) is 0 Å². The number of anilines is 1. The van der Waals surface area contributed by atoms with Crippen LogP contribution in [0.4, 0.5) is 19.0 Å². The van der Waals surface area contributed by atoms with Crippen molar-refractivity contribution in [2.45, 2.75) is 26.1 Å². The van der Waals surface area contributed by atoms with Crippen LogP contribution >= 0.6 is 0 Å². The molecule has 0 atom stereocenters. The van der Waals surface area contributed by atoms with Crippen molar-refractivity contribution in [2.24, 2.45) is 0 Å². The zero-order valence-electron chi connectivity index (χ0n) is 11.8. The number of hydrogen-bond acceptors (Lipinski definition) is 3. The van der Waals surface area contributed by atoms with E-state index >= 15 is 0 Å². The van der Waals surface area contributed by atoms with Gasteiger partial charge >= 0.3 is 6.18 Å². The molecule has 0 bridgehead atoms. The van der Waals surface area contributed by atoms with Crippen LogP contribution < -0.4 is 5.73 Å². The summed E-state index contributed by atoms with van der Waals surface area (Å²) in [7, 11) is 0. The number of aromatic nitrogens is 1. The van der Waals surface area contributed by atoms with Crippen molar-refractivity contribution in [3.63, 3.8) is 0 Å². The summed E-state index contributed by atoms with van der Waals surface area (Å²) in [6.45, 7) is 1.43. The number of nitrogen functional groups attached to an aromatic ring is 1. The topological polar surface area (TPSA) is 42.2 Å². The van der Waals surface area contributed by atoms with E-state index in [-0.39, 0.29) is 12.4 Å². The molecule has 2 rings (SSSR count). The summed E-state index contributed by atoms with van der Waals surface area (Å²) in [5.74, 6) is 0.289. The molecule has 1 heterocycles. The molecule has 3 nitrogen and oxygen atoms in total. The zero-order valence-corrected chi connectivity index (χ0v) is 11.8. The lowest BCUT2D eigenvalue weighted by Crippen LogP contribution is -2.34. The van der Waals surface area contributed by atoms with Gasteiger partial charge < -0.3 is 5.73 Å². The van der Waals surface area contributed by atoms with Crippen molar-refractivity contribution in [2.75, 3.05) is 18.8 Å². The summed E-state index contributed by atoms with van der Waals surface area (Å²) in [5, 5.41) is 0.880. The van der Waals surface area contributed by atoms with Crippen LogP contribution in [0.5, 0.6) is 0 Å². The van der Waals surface area contributed by atoms with Gasteiger partial charge in [-0.25, -0.2) is 4.98 Å². The average molecular weight is 297 g/mol. The molecule has 6 heteroatoms. The quantitative estimate of drug-likeness (QED) is 0.917. The van der Waals surface area contributed by atoms with E-state index < -0.39 is 12.7 Å². The van der Waals surface area contributed by atoms with E-state index in [1.807, 2.05) is 37.3 Å². The largest absolute Gasteiger partial charge is 0.401 e. The minimum atomic E-state index is -4.21. The van der Waals surface area contributed by atoms with Crippen molar-refractivity contribution < 1.29 is 13.2 Å². The fraction of sp³-hybridized carbons (Fsp3) is 0.400. The van der Waals surface area contributed by atoms with Gasteiger partial charge in [0.25, 0.3) is 0 Å². The molecule has 0 saturated heterocycles. The molecule has 2 N–H and O–H groups in total. The average Bonchev–Trinajstić information content (AvgIpc) is 2.38. The van der Waals surface area contributed by atoms with Gasteiger partial charge in [-0.3, -0.25) is 4.90 Å². The van der Waals surface area contributed by atoms with Crippen LogP contribution in [0, 0.1) is 0 Å². The summed E-state index contributed by atoms with van der Waals surface area (Å²) in [6, 6.07) is 9.23. The fourth-order valence-electron chi connectivity index (χ4n) is 2.33. The van der Waals surface area contributed by atoms with E-state index in [9.17, 15) is 13.2 Å². The maximum absolute atomic E-state index is 12.6. The van der Waals surface area contributed by atoms with Gasteiger partial charge in [0.1, 0.15) is 5.82 Å². The number of benzene rings is 1. The predicted octanol–water partition coefficient (Wildman–Crippen LogP) is 3.59. The number of para-hydroxylation sites is 1. The Morgan fingerprint density at radius 3 is 2.62 bits per heavy atom. The van der Waals surface area contributed by atoms with Crippen molar-refractivity contribution in [3.8, 4) is 0 Å². The Balaban J connectivity index is 2.25. The molecule has 0 unspecified atom stereocenters. The lowest BCUT2D eigenvalue weighted by Gasteiger charge is -2.23. The van der Waals surface area contributed by atoms with Gasteiger partial charge in [-0.2, -0.15) is 13.2 Å². The molecule has 1 aromatic carbocycles. The Hall–Kier alpha value is -1.82. The molecular weight excluding hydrogens is 279 g/mol. The first-order valence-electron chi connectivity index (χ1n) is 6.82. The maximum atomic E-state index is 12.6. The molecule has 114 valence electrons. The third kappa shape index (κ3) is 4.32. The highest BCUT2D eigenvalue weighted by Crippen LogP contribution is 2.22. The summed E-state index contributed by atoms with van der Waals surface area (Å²) in [6.07, 6.45) is -3.56. The summed E-state index contributed by atoms with van der Waals surface area (Å²) >= 11 is 0. The zero-order chi connectivity index (χ0) is 15.5. The van der Waals surface area contributed by atoms with Gasteiger partial charge in [-0.1, -0.05) is 25.1 Å². The van der Waals surface area contributed by atoms with Crippen LogP contribution in [-0.2, 0) is 6.54 Å². The second-order valence-electron chi connectivity index (χ2n) is 5.05. The second kappa shape index (κ2) is 6.30. The summed E-state index contributed by atoms with van der Waals surface area (Å²) < 4.78 is 37.8. The second-order valence-corrected chi connectivity index (χ2v) is 5.05. The number of rotatable bonds is 5. The normalized spacial score (nSPS) is 12.2. The number of halogens is 3. The van der Waals surface area contributed by atoms with Gasteiger partial charge in [0, 0.05) is 17.5 Å². The Morgan fingerprint density at radius 1 is 1.24 bits per heavy atom. The number of fused-ring (bicyclic) bond motifs is 1. The maximum Gasteiger partial charge on any atom is 0.401 e. The Labute approximate surface area is 121 Å². The minimum Gasteiger partial charge on any atom is -0.383 e. The van der Waals surface area contributed by atoms with Gasteiger partial charge in [0.15, 0.2) is 0 Å². The van der Waals surface area contributed by atoms with Crippen LogP contribution in [0.15, 0.2) is 30.3 Å². The highest BCUT2D eigenvalue weighted by Gasteiger charge is 2.30. The number of nitrogens with two attached hydrogens (primary N) is 1. The van der Waals surface area contributed by atoms with E-state index in [2.05, 4.69) is 4.98 Å². The van der Waals surface area contributed by atoms with Gasteiger partial charge in [0.2, 0.25) is 0 Å².